The quantitative estimate of drug-likeness (QED) is 0.292. The Hall–Kier alpha value is -0.570. The number of likely N-dealkylation sites (N-methyl/N-ethyl adjacent to an activating group) is 1. The van der Waals surface area contributed by atoms with Gasteiger partial charge in [0.1, 0.15) is 0 Å². The molecular weight excluding hydrogens is 429 g/mol. The topological polar surface area (TPSA) is 51.2 Å². The van der Waals surface area contributed by atoms with Crippen molar-refractivity contribution < 1.29 is 4.79 Å². The first kappa shape index (κ1) is 22.5. The van der Waals surface area contributed by atoms with Crippen molar-refractivity contribution in [3.05, 3.63) is 0 Å². The van der Waals surface area contributed by atoms with Crippen LogP contribution in [-0.4, -0.2) is 86.5 Å². The van der Waals surface area contributed by atoms with E-state index in [2.05, 4.69) is 27.0 Å². The minimum absolute atomic E-state index is 0. The lowest BCUT2D eigenvalue weighted by Crippen LogP contribution is -2.47. The number of likely N-dealkylation sites (tertiary alicyclic amines) is 2. The van der Waals surface area contributed by atoms with Crippen molar-refractivity contribution in [1.82, 2.24) is 20.0 Å². The van der Waals surface area contributed by atoms with E-state index in [1.54, 1.807) is 4.90 Å². The zero-order valence-corrected chi connectivity index (χ0v) is 18.7. The number of rotatable bonds is 5. The van der Waals surface area contributed by atoms with Crippen LogP contribution < -0.4 is 5.32 Å². The fraction of sp³-hybridized carbons (Fsp3) is 0.889. The molecule has 0 aliphatic carbocycles. The second kappa shape index (κ2) is 11.2. The first-order valence-corrected chi connectivity index (χ1v) is 9.43. The Labute approximate surface area is 170 Å². The molecule has 2 unspecified atom stereocenters. The van der Waals surface area contributed by atoms with Crippen LogP contribution in [0.5, 0.6) is 0 Å². The smallest absolute Gasteiger partial charge is 0.239 e. The maximum Gasteiger partial charge on any atom is 0.239 e. The molecule has 25 heavy (non-hydrogen) atoms. The standard InChI is InChI=1S/C18H35N5O.HI/c1-15-8-5-12-23(14-15)18(19-2)20-10-7-13-22-11-6-9-16(22)17(24)21(3)4;/h15-16H,5-14H2,1-4H3,(H,19,20);1H. The highest BCUT2D eigenvalue weighted by atomic mass is 127. The van der Waals surface area contributed by atoms with Crippen LogP contribution in [0.2, 0.25) is 0 Å². The predicted octanol–water partition coefficient (Wildman–Crippen LogP) is 1.85. The van der Waals surface area contributed by atoms with Gasteiger partial charge in [0.15, 0.2) is 5.96 Å². The molecule has 146 valence electrons. The average molecular weight is 465 g/mol. The third-order valence-electron chi connectivity index (χ3n) is 5.16. The Morgan fingerprint density at radius 2 is 1.96 bits per heavy atom. The Morgan fingerprint density at radius 1 is 1.24 bits per heavy atom. The molecule has 1 amide bonds. The number of carbonyl (C=O) groups is 1. The molecule has 6 nitrogen and oxygen atoms in total. The van der Waals surface area contributed by atoms with Crippen molar-refractivity contribution in [1.29, 1.82) is 0 Å². The number of hydrogen-bond acceptors (Lipinski definition) is 3. The van der Waals surface area contributed by atoms with E-state index >= 15 is 0 Å². The maximum absolute atomic E-state index is 12.2. The van der Waals surface area contributed by atoms with Gasteiger partial charge in [-0.1, -0.05) is 6.92 Å². The van der Waals surface area contributed by atoms with Gasteiger partial charge >= 0.3 is 0 Å². The summed E-state index contributed by atoms with van der Waals surface area (Å²) in [6.07, 6.45) is 5.75. The first-order valence-electron chi connectivity index (χ1n) is 9.43. The molecule has 2 aliphatic heterocycles. The fourth-order valence-corrected chi connectivity index (χ4v) is 3.87. The lowest BCUT2D eigenvalue weighted by atomic mass is 10.0. The van der Waals surface area contributed by atoms with E-state index < -0.39 is 0 Å². The number of guanidine groups is 1. The van der Waals surface area contributed by atoms with Crippen molar-refractivity contribution in [2.75, 3.05) is 53.9 Å². The second-order valence-electron chi connectivity index (χ2n) is 7.45. The molecule has 0 spiro atoms. The van der Waals surface area contributed by atoms with Crippen molar-refractivity contribution in [2.24, 2.45) is 10.9 Å². The number of aliphatic imine (C=N–C) groups is 1. The molecule has 0 aromatic rings. The summed E-state index contributed by atoms with van der Waals surface area (Å²) in [5.41, 5.74) is 0. The van der Waals surface area contributed by atoms with Crippen molar-refractivity contribution in [3.63, 3.8) is 0 Å². The first-order chi connectivity index (χ1) is 11.5. The van der Waals surface area contributed by atoms with E-state index in [-0.39, 0.29) is 35.9 Å². The molecule has 2 atom stereocenters. The summed E-state index contributed by atoms with van der Waals surface area (Å²) < 4.78 is 0. The van der Waals surface area contributed by atoms with Gasteiger partial charge in [0.05, 0.1) is 6.04 Å². The summed E-state index contributed by atoms with van der Waals surface area (Å²) in [7, 11) is 5.57. The van der Waals surface area contributed by atoms with Gasteiger partial charge < -0.3 is 15.1 Å². The number of carbonyl (C=O) groups excluding carboxylic acids is 1. The normalized spacial score (nSPS) is 24.8. The van der Waals surface area contributed by atoms with Gasteiger partial charge in [0.2, 0.25) is 5.91 Å². The van der Waals surface area contributed by atoms with Crippen LogP contribution in [0, 0.1) is 5.92 Å². The monoisotopic (exact) mass is 465 g/mol. The van der Waals surface area contributed by atoms with Gasteiger partial charge in [-0.25, -0.2) is 0 Å². The van der Waals surface area contributed by atoms with Crippen molar-refractivity contribution >= 4 is 35.8 Å². The number of nitrogens with one attached hydrogen (secondary N) is 1. The molecule has 2 heterocycles. The number of piperidine rings is 1. The Morgan fingerprint density at radius 3 is 2.60 bits per heavy atom. The number of nitrogens with zero attached hydrogens (tertiary/aromatic N) is 4. The molecular formula is C18H36IN5O. The van der Waals surface area contributed by atoms with E-state index in [0.717, 1.165) is 63.9 Å². The summed E-state index contributed by atoms with van der Waals surface area (Å²) in [4.78, 5) is 23.1. The van der Waals surface area contributed by atoms with Gasteiger partial charge in [-0.2, -0.15) is 0 Å². The minimum atomic E-state index is 0. The molecule has 0 radical (unpaired) electrons. The summed E-state index contributed by atoms with van der Waals surface area (Å²) in [6.45, 7) is 7.46. The average Bonchev–Trinajstić information content (AvgIpc) is 3.02. The number of hydrogen-bond donors (Lipinski definition) is 1. The molecule has 0 saturated carbocycles. The number of halogens is 1. The highest BCUT2D eigenvalue weighted by Gasteiger charge is 2.31. The van der Waals surface area contributed by atoms with Crippen LogP contribution >= 0.6 is 24.0 Å². The molecule has 2 rings (SSSR count). The Kier molecular flexibility index (Phi) is 10.1. The molecule has 7 heteroatoms. The van der Waals surface area contributed by atoms with Crippen LogP contribution in [-0.2, 0) is 4.79 Å². The molecule has 2 saturated heterocycles. The van der Waals surface area contributed by atoms with Crippen LogP contribution in [0.3, 0.4) is 0 Å². The summed E-state index contributed by atoms with van der Waals surface area (Å²) in [5.74, 6) is 2.03. The minimum Gasteiger partial charge on any atom is -0.356 e. The number of amides is 1. The third-order valence-corrected chi connectivity index (χ3v) is 5.16. The molecule has 2 fully saturated rings. The van der Waals surface area contributed by atoms with Gasteiger partial charge in [0.25, 0.3) is 0 Å². The van der Waals surface area contributed by atoms with E-state index in [1.165, 1.54) is 12.8 Å². The summed E-state index contributed by atoms with van der Waals surface area (Å²) in [5, 5.41) is 3.50. The fourth-order valence-electron chi connectivity index (χ4n) is 3.87. The van der Waals surface area contributed by atoms with E-state index in [9.17, 15) is 4.79 Å². The zero-order chi connectivity index (χ0) is 17.5. The molecule has 0 bridgehead atoms. The van der Waals surface area contributed by atoms with E-state index in [1.807, 2.05) is 21.1 Å². The van der Waals surface area contributed by atoms with Gasteiger partial charge in [-0.05, 0) is 44.6 Å². The third kappa shape index (κ3) is 6.58. The lowest BCUT2D eigenvalue weighted by Gasteiger charge is -2.33. The Balaban J connectivity index is 0.00000312. The van der Waals surface area contributed by atoms with Crippen LogP contribution in [0.1, 0.15) is 39.0 Å². The van der Waals surface area contributed by atoms with Gasteiger partial charge in [-0.3, -0.25) is 14.7 Å². The van der Waals surface area contributed by atoms with Crippen LogP contribution in [0.4, 0.5) is 0 Å². The zero-order valence-electron chi connectivity index (χ0n) is 16.3. The summed E-state index contributed by atoms with van der Waals surface area (Å²) >= 11 is 0. The molecule has 1 N–H and O–H groups in total. The van der Waals surface area contributed by atoms with Crippen molar-refractivity contribution in [2.45, 2.75) is 45.1 Å². The van der Waals surface area contributed by atoms with E-state index in [0.29, 0.717) is 0 Å². The van der Waals surface area contributed by atoms with Crippen LogP contribution in [0.25, 0.3) is 0 Å². The highest BCUT2D eigenvalue weighted by molar-refractivity contribution is 14.0. The van der Waals surface area contributed by atoms with Crippen LogP contribution in [0.15, 0.2) is 4.99 Å². The predicted molar refractivity (Wildman–Crippen MR) is 115 cm³/mol. The van der Waals surface area contributed by atoms with Gasteiger partial charge in [0, 0.05) is 47.3 Å². The molecule has 2 aliphatic rings. The van der Waals surface area contributed by atoms with Crippen molar-refractivity contribution in [3.8, 4) is 0 Å². The Bertz CT molecular complexity index is 443. The highest BCUT2D eigenvalue weighted by Crippen LogP contribution is 2.19. The largest absolute Gasteiger partial charge is 0.356 e. The maximum atomic E-state index is 12.2. The SMILES string of the molecule is CN=C(NCCCN1CCCC1C(=O)N(C)C)N1CCCC(C)C1.I. The summed E-state index contributed by atoms with van der Waals surface area (Å²) in [6, 6.07) is 0.0854. The van der Waals surface area contributed by atoms with E-state index in [4.69, 9.17) is 0 Å². The van der Waals surface area contributed by atoms with Gasteiger partial charge in [-0.15, -0.1) is 24.0 Å². The molecule has 0 aromatic heterocycles. The second-order valence-corrected chi connectivity index (χ2v) is 7.45. The molecule has 0 aromatic carbocycles. The lowest BCUT2D eigenvalue weighted by molar-refractivity contribution is -0.133.